The topological polar surface area (TPSA) is 32.3 Å². The van der Waals surface area contributed by atoms with Crippen LogP contribution in [0.5, 0.6) is 0 Å². The van der Waals surface area contributed by atoms with Crippen LogP contribution in [0.4, 0.5) is 0 Å². The van der Waals surface area contributed by atoms with Crippen molar-refractivity contribution in [2.24, 2.45) is 5.92 Å². The molecular weight excluding hydrogens is 234 g/mol. The molecule has 0 aromatic heterocycles. The number of hydrogen-bond donors (Lipinski definition) is 2. The maximum atomic E-state index is 10.3. The van der Waals surface area contributed by atoms with E-state index >= 15 is 0 Å². The highest BCUT2D eigenvalue weighted by Gasteiger charge is 2.31. The fourth-order valence-corrected chi connectivity index (χ4v) is 3.10. The summed E-state index contributed by atoms with van der Waals surface area (Å²) in [6.07, 6.45) is 3.25. The quantitative estimate of drug-likeness (QED) is 0.823. The molecule has 0 spiro atoms. The molecule has 0 aliphatic heterocycles. The van der Waals surface area contributed by atoms with E-state index in [0.29, 0.717) is 24.4 Å². The van der Waals surface area contributed by atoms with Gasteiger partial charge in [-0.15, -0.1) is 0 Å². The van der Waals surface area contributed by atoms with Crippen LogP contribution in [-0.4, -0.2) is 23.3 Å². The van der Waals surface area contributed by atoms with E-state index in [1.807, 2.05) is 6.92 Å². The van der Waals surface area contributed by atoms with Crippen molar-refractivity contribution in [1.82, 2.24) is 5.32 Å². The minimum absolute atomic E-state index is 0.537. The van der Waals surface area contributed by atoms with Crippen molar-refractivity contribution < 1.29 is 5.11 Å². The van der Waals surface area contributed by atoms with Gasteiger partial charge < -0.3 is 10.4 Å². The Balaban J connectivity index is 1.71. The fraction of sp³-hybridized carbons (Fsp3) is 0.647. The molecule has 0 amide bonds. The van der Waals surface area contributed by atoms with E-state index in [9.17, 15) is 5.11 Å². The van der Waals surface area contributed by atoms with Crippen molar-refractivity contribution in [3.8, 4) is 0 Å². The van der Waals surface area contributed by atoms with Gasteiger partial charge in [-0.1, -0.05) is 44.2 Å². The number of nitrogens with one attached hydrogen (secondary N) is 1. The molecule has 1 saturated carbocycles. The number of hydrogen-bond acceptors (Lipinski definition) is 2. The first-order valence-corrected chi connectivity index (χ1v) is 7.47. The summed E-state index contributed by atoms with van der Waals surface area (Å²) in [5, 5.41) is 13.8. The van der Waals surface area contributed by atoms with E-state index < -0.39 is 5.60 Å². The Kier molecular flexibility index (Phi) is 4.64. The minimum Gasteiger partial charge on any atom is -0.389 e. The van der Waals surface area contributed by atoms with Gasteiger partial charge >= 0.3 is 0 Å². The van der Waals surface area contributed by atoms with Crippen LogP contribution in [0.2, 0.25) is 0 Å². The van der Waals surface area contributed by atoms with E-state index in [4.69, 9.17) is 0 Å². The molecule has 0 heterocycles. The Morgan fingerprint density at radius 2 is 1.89 bits per heavy atom. The summed E-state index contributed by atoms with van der Waals surface area (Å²) in [5.74, 6) is 1.24. The number of benzene rings is 1. The largest absolute Gasteiger partial charge is 0.389 e. The molecule has 0 radical (unpaired) electrons. The van der Waals surface area contributed by atoms with Crippen molar-refractivity contribution in [3.63, 3.8) is 0 Å². The maximum Gasteiger partial charge on any atom is 0.0746 e. The summed E-state index contributed by atoms with van der Waals surface area (Å²) in [6.45, 7) is 6.96. The highest BCUT2D eigenvalue weighted by molar-refractivity contribution is 5.22. The average Bonchev–Trinajstić information content (AvgIpc) is 2.26. The second kappa shape index (κ2) is 6.06. The molecule has 1 aromatic carbocycles. The zero-order chi connectivity index (χ0) is 13.9. The van der Waals surface area contributed by atoms with Gasteiger partial charge in [-0.05, 0) is 43.6 Å². The Morgan fingerprint density at radius 3 is 2.47 bits per heavy atom. The lowest BCUT2D eigenvalue weighted by atomic mass is 9.75. The van der Waals surface area contributed by atoms with Gasteiger partial charge in [0.25, 0.3) is 0 Å². The zero-order valence-corrected chi connectivity index (χ0v) is 12.4. The molecule has 1 atom stereocenters. The van der Waals surface area contributed by atoms with E-state index in [0.717, 1.165) is 6.42 Å². The van der Waals surface area contributed by atoms with E-state index in [1.54, 1.807) is 0 Å². The van der Waals surface area contributed by atoms with Gasteiger partial charge in [-0.2, -0.15) is 0 Å². The Labute approximate surface area is 117 Å². The van der Waals surface area contributed by atoms with Crippen molar-refractivity contribution in [1.29, 1.82) is 0 Å². The average molecular weight is 261 g/mol. The van der Waals surface area contributed by atoms with Crippen molar-refractivity contribution >= 4 is 0 Å². The first-order chi connectivity index (χ1) is 8.96. The minimum atomic E-state index is -0.577. The molecule has 0 saturated heterocycles. The van der Waals surface area contributed by atoms with E-state index in [1.165, 1.54) is 18.4 Å². The third-order valence-electron chi connectivity index (χ3n) is 4.03. The van der Waals surface area contributed by atoms with Gasteiger partial charge in [0.05, 0.1) is 5.60 Å². The lowest BCUT2D eigenvalue weighted by Gasteiger charge is -2.38. The van der Waals surface area contributed by atoms with Crippen LogP contribution >= 0.6 is 0 Å². The molecule has 2 heteroatoms. The number of rotatable bonds is 6. The molecule has 0 bridgehead atoms. The van der Waals surface area contributed by atoms with Crippen molar-refractivity contribution in [3.05, 3.63) is 35.9 Å². The number of aliphatic hydroxyl groups is 1. The van der Waals surface area contributed by atoms with Gasteiger partial charge in [0.1, 0.15) is 0 Å². The second-order valence-corrected chi connectivity index (χ2v) is 6.75. The fourth-order valence-electron chi connectivity index (χ4n) is 3.10. The van der Waals surface area contributed by atoms with Gasteiger partial charge in [-0.25, -0.2) is 0 Å². The van der Waals surface area contributed by atoms with E-state index in [-0.39, 0.29) is 0 Å². The van der Waals surface area contributed by atoms with Crippen LogP contribution < -0.4 is 5.32 Å². The summed E-state index contributed by atoms with van der Waals surface area (Å²) >= 11 is 0. The molecule has 1 aliphatic carbocycles. The summed E-state index contributed by atoms with van der Waals surface area (Å²) < 4.78 is 0. The molecule has 2 nitrogen and oxygen atoms in total. The lowest BCUT2D eigenvalue weighted by Crippen LogP contribution is -2.47. The van der Waals surface area contributed by atoms with Crippen LogP contribution in [0.15, 0.2) is 30.3 Å². The standard InChI is InChI=1S/C17H27NO/c1-13(2)11-17(3,19)12-18-16-9-15(10-16)14-7-5-4-6-8-14/h4-8,13,15-16,18-19H,9-12H2,1-3H3. The first kappa shape index (κ1) is 14.5. The summed E-state index contributed by atoms with van der Waals surface area (Å²) in [6, 6.07) is 11.3. The molecule has 19 heavy (non-hydrogen) atoms. The lowest BCUT2D eigenvalue weighted by molar-refractivity contribution is 0.0320. The van der Waals surface area contributed by atoms with Crippen LogP contribution in [0.25, 0.3) is 0 Å². The third-order valence-corrected chi connectivity index (χ3v) is 4.03. The maximum absolute atomic E-state index is 10.3. The molecule has 1 fully saturated rings. The Bertz CT molecular complexity index is 380. The van der Waals surface area contributed by atoms with Crippen LogP contribution in [0.1, 0.15) is 51.5 Å². The van der Waals surface area contributed by atoms with Gasteiger partial charge in [0, 0.05) is 12.6 Å². The first-order valence-electron chi connectivity index (χ1n) is 7.47. The predicted octanol–water partition coefficient (Wildman–Crippen LogP) is 3.32. The predicted molar refractivity (Wildman–Crippen MR) is 80.3 cm³/mol. The molecule has 1 aliphatic rings. The third kappa shape index (κ3) is 4.32. The second-order valence-electron chi connectivity index (χ2n) is 6.75. The summed E-state index contributed by atoms with van der Waals surface area (Å²) in [7, 11) is 0. The highest BCUT2D eigenvalue weighted by atomic mass is 16.3. The molecular formula is C17H27NO. The van der Waals surface area contributed by atoms with Gasteiger partial charge in [-0.3, -0.25) is 0 Å². The molecule has 2 rings (SSSR count). The molecule has 106 valence electrons. The SMILES string of the molecule is CC(C)CC(C)(O)CNC1CC(c2ccccc2)C1. The molecule has 2 N–H and O–H groups in total. The molecule has 1 unspecified atom stereocenters. The van der Waals surface area contributed by atoms with Crippen LogP contribution in [0, 0.1) is 5.92 Å². The molecule has 1 aromatic rings. The highest BCUT2D eigenvalue weighted by Crippen LogP contribution is 2.36. The van der Waals surface area contributed by atoms with Crippen LogP contribution in [0.3, 0.4) is 0 Å². The summed E-state index contributed by atoms with van der Waals surface area (Å²) in [5.41, 5.74) is 0.876. The van der Waals surface area contributed by atoms with Gasteiger partial charge in [0.2, 0.25) is 0 Å². The van der Waals surface area contributed by atoms with E-state index in [2.05, 4.69) is 49.5 Å². The van der Waals surface area contributed by atoms with Crippen molar-refractivity contribution in [2.75, 3.05) is 6.54 Å². The van der Waals surface area contributed by atoms with Crippen LogP contribution in [-0.2, 0) is 0 Å². The Morgan fingerprint density at radius 1 is 1.26 bits per heavy atom. The summed E-state index contributed by atoms with van der Waals surface area (Å²) in [4.78, 5) is 0. The Hall–Kier alpha value is -0.860. The smallest absolute Gasteiger partial charge is 0.0746 e. The normalized spacial score (nSPS) is 25.9. The van der Waals surface area contributed by atoms with Gasteiger partial charge in [0.15, 0.2) is 0 Å². The van der Waals surface area contributed by atoms with Crippen molar-refractivity contribution in [2.45, 2.75) is 57.6 Å². The zero-order valence-electron chi connectivity index (χ0n) is 12.4. The monoisotopic (exact) mass is 261 g/mol.